The summed E-state index contributed by atoms with van der Waals surface area (Å²) < 4.78 is 33.3. The molecule has 12 heavy (non-hydrogen) atoms. The third-order valence-corrected chi connectivity index (χ3v) is 1.74. The van der Waals surface area contributed by atoms with Gasteiger partial charge in [0.15, 0.2) is 0 Å². The largest absolute Gasteiger partial charge is 0.480 e. The molecule has 0 saturated carbocycles. The van der Waals surface area contributed by atoms with Crippen LogP contribution in [0.25, 0.3) is 0 Å². The molecule has 0 saturated heterocycles. The molecule has 0 rings (SSSR count). The van der Waals surface area contributed by atoms with Crippen LogP contribution in [0, 0.1) is 5.92 Å². The van der Waals surface area contributed by atoms with Crippen molar-refractivity contribution in [3.05, 3.63) is 0 Å². The Bertz CT molecular complexity index is 261. The molecule has 0 aliphatic rings. The average Bonchev–Trinajstić information content (AvgIpc) is 1.79. The number of hydrogen-bond donors (Lipinski definition) is 2. The molecule has 0 unspecified atom stereocenters. The summed E-state index contributed by atoms with van der Waals surface area (Å²) in [7, 11) is -4.94. The van der Waals surface area contributed by atoms with Gasteiger partial charge in [0.1, 0.15) is 6.04 Å². The van der Waals surface area contributed by atoms with Gasteiger partial charge in [0.2, 0.25) is 0 Å². The first-order valence-corrected chi connectivity index (χ1v) is 4.57. The Morgan fingerprint density at radius 1 is 1.50 bits per heavy atom. The van der Waals surface area contributed by atoms with Crippen molar-refractivity contribution in [3.8, 4) is 0 Å². The molecule has 2 N–H and O–H groups in total. The van der Waals surface area contributed by atoms with Crippen molar-refractivity contribution in [1.29, 1.82) is 0 Å². The smallest absolute Gasteiger partial charge is 0.373 e. The Morgan fingerprint density at radius 3 is 2.00 bits per heavy atom. The lowest BCUT2D eigenvalue weighted by Gasteiger charge is -2.14. The van der Waals surface area contributed by atoms with Crippen LogP contribution in [-0.2, 0) is 15.2 Å². The normalized spacial score (nSPS) is 14.7. The minimum Gasteiger partial charge on any atom is -0.480 e. The van der Waals surface area contributed by atoms with E-state index in [2.05, 4.69) is 0 Å². The molecule has 0 aromatic rings. The van der Waals surface area contributed by atoms with Crippen LogP contribution in [0.15, 0.2) is 0 Å². The topological polar surface area (TPSA) is 83.5 Å². The first-order valence-electron chi connectivity index (χ1n) is 3.18. The van der Waals surface area contributed by atoms with Gasteiger partial charge in [-0.05, 0) is 5.92 Å². The molecule has 5 nitrogen and oxygen atoms in total. The lowest BCUT2D eigenvalue weighted by molar-refractivity contribution is -0.140. The van der Waals surface area contributed by atoms with Gasteiger partial charge in [-0.1, -0.05) is 17.7 Å². The molecule has 0 radical (unpaired) electrons. The number of rotatable bonds is 4. The van der Waals surface area contributed by atoms with Gasteiger partial charge in [-0.2, -0.15) is 13.1 Å². The van der Waals surface area contributed by atoms with Crippen molar-refractivity contribution in [3.63, 3.8) is 0 Å². The Hall–Kier alpha value is -0.690. The van der Waals surface area contributed by atoms with Crippen molar-refractivity contribution in [2.24, 2.45) is 5.92 Å². The predicted molar refractivity (Wildman–Crippen MR) is 39.4 cm³/mol. The van der Waals surface area contributed by atoms with E-state index in [9.17, 15) is 17.1 Å². The molecule has 0 aromatic carbocycles. The number of carboxylic acid groups (broad SMARTS) is 1. The summed E-state index contributed by atoms with van der Waals surface area (Å²) in [6, 6.07) is -1.42. The summed E-state index contributed by atoms with van der Waals surface area (Å²) in [6.07, 6.45) is 0. The highest BCUT2D eigenvalue weighted by Gasteiger charge is 2.26. The predicted octanol–water partition coefficient (Wildman–Crippen LogP) is -0.100. The van der Waals surface area contributed by atoms with Crippen molar-refractivity contribution in [2.75, 3.05) is 0 Å². The number of halogens is 1. The summed E-state index contributed by atoms with van der Waals surface area (Å²) in [4.78, 5) is 10.3. The van der Waals surface area contributed by atoms with E-state index in [-0.39, 0.29) is 0 Å². The van der Waals surface area contributed by atoms with Crippen molar-refractivity contribution < 1.29 is 22.2 Å². The number of carboxylic acids is 1. The van der Waals surface area contributed by atoms with Gasteiger partial charge in [0.25, 0.3) is 0 Å². The Balaban J connectivity index is 4.46. The zero-order valence-corrected chi connectivity index (χ0v) is 7.43. The summed E-state index contributed by atoms with van der Waals surface area (Å²) >= 11 is 0. The Morgan fingerprint density at radius 2 is 1.92 bits per heavy atom. The van der Waals surface area contributed by atoms with E-state index in [1.54, 1.807) is 0 Å². The zero-order chi connectivity index (χ0) is 9.94. The van der Waals surface area contributed by atoms with E-state index in [0.717, 1.165) is 0 Å². The fourth-order valence-electron chi connectivity index (χ4n) is 0.623. The first-order chi connectivity index (χ1) is 5.24. The fraction of sp³-hybridized carbons (Fsp3) is 0.800. The molecule has 0 aliphatic heterocycles. The van der Waals surface area contributed by atoms with Gasteiger partial charge in [-0.15, -0.1) is 0 Å². The number of nitrogens with one attached hydrogen (secondary N) is 1. The second-order valence-corrected chi connectivity index (χ2v) is 3.73. The van der Waals surface area contributed by atoms with Crippen LogP contribution in [0.2, 0.25) is 0 Å². The summed E-state index contributed by atoms with van der Waals surface area (Å²) in [5.41, 5.74) is 0. The fourth-order valence-corrected chi connectivity index (χ4v) is 1.30. The Kier molecular flexibility index (Phi) is 3.59. The van der Waals surface area contributed by atoms with Gasteiger partial charge in [-0.3, -0.25) is 4.79 Å². The van der Waals surface area contributed by atoms with Gasteiger partial charge < -0.3 is 5.11 Å². The minimum absolute atomic E-state index is 0.506. The van der Waals surface area contributed by atoms with Gasteiger partial charge in [-0.25, -0.2) is 0 Å². The molecular formula is C5H10FNO4S. The molecule has 0 amide bonds. The van der Waals surface area contributed by atoms with Crippen LogP contribution in [0.3, 0.4) is 0 Å². The maximum atomic E-state index is 12.0. The van der Waals surface area contributed by atoms with Crippen molar-refractivity contribution in [1.82, 2.24) is 4.72 Å². The second kappa shape index (κ2) is 3.81. The highest BCUT2D eigenvalue weighted by molar-refractivity contribution is 7.84. The minimum atomic E-state index is -4.94. The third kappa shape index (κ3) is 4.24. The highest BCUT2D eigenvalue weighted by atomic mass is 32.3. The number of aliphatic carboxylic acids is 1. The summed E-state index contributed by atoms with van der Waals surface area (Å²) in [6.45, 7) is 2.94. The quantitative estimate of drug-likeness (QED) is 0.619. The van der Waals surface area contributed by atoms with E-state index >= 15 is 0 Å². The van der Waals surface area contributed by atoms with Gasteiger partial charge in [0, 0.05) is 0 Å². The maximum Gasteiger partial charge on any atom is 0.373 e. The maximum absolute atomic E-state index is 12.0. The Labute approximate surface area is 69.9 Å². The van der Waals surface area contributed by atoms with E-state index in [1.165, 1.54) is 18.6 Å². The molecule has 0 fully saturated rings. The number of carbonyl (C=O) groups is 1. The molecule has 0 spiro atoms. The van der Waals surface area contributed by atoms with E-state index in [0.29, 0.717) is 0 Å². The van der Waals surface area contributed by atoms with Gasteiger partial charge >= 0.3 is 16.4 Å². The zero-order valence-electron chi connectivity index (χ0n) is 6.61. The highest BCUT2D eigenvalue weighted by Crippen LogP contribution is 2.03. The van der Waals surface area contributed by atoms with Crippen LogP contribution in [0.4, 0.5) is 3.89 Å². The van der Waals surface area contributed by atoms with Crippen LogP contribution in [0.1, 0.15) is 13.8 Å². The molecule has 1 atom stereocenters. The SMILES string of the molecule is CC(C)[C@H](NS(=O)(=O)F)C(=O)O. The standard InChI is InChI=1S/C5H10FNO4S/c1-3(2)4(5(8)9)7-12(6,10)11/h3-4,7H,1-2H3,(H,8,9)/t4-/m0/s1. The monoisotopic (exact) mass is 199 g/mol. The van der Waals surface area contributed by atoms with E-state index in [4.69, 9.17) is 5.11 Å². The van der Waals surface area contributed by atoms with Crippen LogP contribution < -0.4 is 4.72 Å². The van der Waals surface area contributed by atoms with Crippen LogP contribution in [-0.4, -0.2) is 25.5 Å². The van der Waals surface area contributed by atoms with E-state index < -0.39 is 28.3 Å². The number of hydrogen-bond acceptors (Lipinski definition) is 3. The van der Waals surface area contributed by atoms with Crippen molar-refractivity contribution >= 4 is 16.4 Å². The molecule has 7 heteroatoms. The molecule has 0 aliphatic carbocycles. The summed E-state index contributed by atoms with van der Waals surface area (Å²) in [5.74, 6) is -1.90. The third-order valence-electron chi connectivity index (χ3n) is 1.20. The lowest BCUT2D eigenvalue weighted by atomic mass is 10.1. The molecule has 0 heterocycles. The lowest BCUT2D eigenvalue weighted by Crippen LogP contribution is -2.42. The van der Waals surface area contributed by atoms with Crippen LogP contribution in [0.5, 0.6) is 0 Å². The average molecular weight is 199 g/mol. The molecule has 0 bridgehead atoms. The van der Waals surface area contributed by atoms with E-state index in [1.807, 2.05) is 0 Å². The van der Waals surface area contributed by atoms with Gasteiger partial charge in [0.05, 0.1) is 0 Å². The molecule has 72 valence electrons. The second-order valence-electron chi connectivity index (χ2n) is 2.62. The van der Waals surface area contributed by atoms with Crippen LogP contribution >= 0.6 is 0 Å². The van der Waals surface area contributed by atoms with Crippen molar-refractivity contribution in [2.45, 2.75) is 19.9 Å². The first kappa shape index (κ1) is 11.3. The summed E-state index contributed by atoms with van der Waals surface area (Å²) in [5, 5.41) is 8.41. The molecule has 0 aromatic heterocycles. The molecular weight excluding hydrogens is 189 g/mol.